The molecule has 2 heterocycles. The minimum Gasteiger partial charge on any atom is -0.310 e. The largest absolute Gasteiger partial charge is 0.310 e. The molecule has 15 heavy (non-hydrogen) atoms. The molecule has 1 N–H and O–H groups in total. The van der Waals surface area contributed by atoms with Crippen LogP contribution in [0.4, 0.5) is 10.2 Å². The number of amides is 1. The van der Waals surface area contributed by atoms with E-state index < -0.39 is 5.82 Å². The molecule has 1 amide bonds. The van der Waals surface area contributed by atoms with Crippen LogP contribution < -0.4 is 5.32 Å². The normalized spacial score (nSPS) is 20.2. The van der Waals surface area contributed by atoms with Crippen molar-refractivity contribution in [2.45, 2.75) is 18.1 Å². The van der Waals surface area contributed by atoms with Crippen molar-refractivity contribution in [2.75, 3.05) is 11.1 Å². The Hall–Kier alpha value is -1.10. The predicted molar refractivity (Wildman–Crippen MR) is 58.3 cm³/mol. The van der Waals surface area contributed by atoms with E-state index in [0.29, 0.717) is 5.82 Å². The molecule has 1 aromatic heterocycles. The van der Waals surface area contributed by atoms with Crippen LogP contribution >= 0.6 is 11.8 Å². The summed E-state index contributed by atoms with van der Waals surface area (Å²) in [6, 6.07) is 2.75. The zero-order chi connectivity index (χ0) is 10.7. The second kappa shape index (κ2) is 4.61. The van der Waals surface area contributed by atoms with Crippen LogP contribution in [0.3, 0.4) is 0 Å². The maximum Gasteiger partial charge on any atom is 0.238 e. The number of anilines is 1. The van der Waals surface area contributed by atoms with Gasteiger partial charge in [0.25, 0.3) is 0 Å². The van der Waals surface area contributed by atoms with E-state index in [9.17, 15) is 9.18 Å². The number of halogens is 1. The van der Waals surface area contributed by atoms with Crippen molar-refractivity contribution in [3.05, 3.63) is 24.1 Å². The molecule has 0 radical (unpaired) electrons. The number of nitrogens with zero attached hydrogens (tertiary/aromatic N) is 1. The van der Waals surface area contributed by atoms with Gasteiger partial charge in [-0.2, -0.15) is 0 Å². The molecular formula is C10H11FN2OS. The Balaban J connectivity index is 1.96. The molecule has 0 bridgehead atoms. The first-order valence-corrected chi connectivity index (χ1v) is 5.84. The fourth-order valence-corrected chi connectivity index (χ4v) is 2.60. The molecule has 1 fully saturated rings. The van der Waals surface area contributed by atoms with Gasteiger partial charge in [0.2, 0.25) is 5.91 Å². The number of pyridine rings is 1. The summed E-state index contributed by atoms with van der Waals surface area (Å²) in [5.74, 6) is 1.02. The number of hydrogen-bond acceptors (Lipinski definition) is 3. The number of rotatable bonds is 2. The lowest BCUT2D eigenvalue weighted by atomic mass is 10.2. The van der Waals surface area contributed by atoms with Crippen LogP contribution in [0, 0.1) is 5.82 Å². The standard InChI is InChI=1S/C10H11FN2OS/c11-7-3-4-9(12-6-7)13-10(14)8-2-1-5-15-8/h3-4,6,8H,1-2,5H2,(H,12,13,14)/t8-/m1/s1. The van der Waals surface area contributed by atoms with Crippen molar-refractivity contribution in [3.8, 4) is 0 Å². The summed E-state index contributed by atoms with van der Waals surface area (Å²) in [6.07, 6.45) is 3.09. The van der Waals surface area contributed by atoms with Gasteiger partial charge in [0.15, 0.2) is 0 Å². The van der Waals surface area contributed by atoms with Gasteiger partial charge in [0.1, 0.15) is 11.6 Å². The molecule has 1 saturated heterocycles. The van der Waals surface area contributed by atoms with Crippen molar-refractivity contribution in [3.63, 3.8) is 0 Å². The Morgan fingerprint density at radius 3 is 3.07 bits per heavy atom. The quantitative estimate of drug-likeness (QED) is 0.839. The highest BCUT2D eigenvalue weighted by Crippen LogP contribution is 2.26. The van der Waals surface area contributed by atoms with Gasteiger partial charge < -0.3 is 5.32 Å². The van der Waals surface area contributed by atoms with Crippen LogP contribution in [0.5, 0.6) is 0 Å². The van der Waals surface area contributed by atoms with Crippen LogP contribution in [-0.4, -0.2) is 21.9 Å². The van der Waals surface area contributed by atoms with E-state index in [1.807, 2.05) is 0 Å². The second-order valence-electron chi connectivity index (χ2n) is 3.35. The van der Waals surface area contributed by atoms with E-state index in [4.69, 9.17) is 0 Å². The van der Waals surface area contributed by atoms with Crippen LogP contribution in [0.15, 0.2) is 18.3 Å². The Morgan fingerprint density at radius 1 is 1.60 bits per heavy atom. The van der Waals surface area contributed by atoms with Gasteiger partial charge in [-0.15, -0.1) is 11.8 Å². The highest BCUT2D eigenvalue weighted by atomic mass is 32.2. The molecule has 1 aliphatic heterocycles. The van der Waals surface area contributed by atoms with Gasteiger partial charge in [-0.25, -0.2) is 9.37 Å². The van der Waals surface area contributed by atoms with Crippen LogP contribution in [0.2, 0.25) is 0 Å². The number of aromatic nitrogens is 1. The molecule has 0 aromatic carbocycles. The lowest BCUT2D eigenvalue weighted by molar-refractivity contribution is -0.115. The molecule has 1 aromatic rings. The fourth-order valence-electron chi connectivity index (χ4n) is 1.44. The minimum atomic E-state index is -0.400. The van der Waals surface area contributed by atoms with Gasteiger partial charge in [0.05, 0.1) is 11.4 Å². The summed E-state index contributed by atoms with van der Waals surface area (Å²) >= 11 is 1.66. The van der Waals surface area contributed by atoms with Crippen LogP contribution in [-0.2, 0) is 4.79 Å². The number of thioether (sulfide) groups is 1. The van der Waals surface area contributed by atoms with Crippen molar-refractivity contribution < 1.29 is 9.18 Å². The van der Waals surface area contributed by atoms with Crippen molar-refractivity contribution in [2.24, 2.45) is 0 Å². The molecule has 3 nitrogen and oxygen atoms in total. The van der Waals surface area contributed by atoms with E-state index in [-0.39, 0.29) is 11.2 Å². The molecule has 0 unspecified atom stereocenters. The Morgan fingerprint density at radius 2 is 2.47 bits per heavy atom. The van der Waals surface area contributed by atoms with Gasteiger partial charge >= 0.3 is 0 Å². The Labute approximate surface area is 91.5 Å². The maximum absolute atomic E-state index is 12.5. The van der Waals surface area contributed by atoms with Crippen LogP contribution in [0.1, 0.15) is 12.8 Å². The first-order valence-electron chi connectivity index (χ1n) is 4.80. The molecule has 1 atom stereocenters. The summed E-state index contributed by atoms with van der Waals surface area (Å²) in [6.45, 7) is 0. The zero-order valence-corrected chi connectivity index (χ0v) is 8.89. The van der Waals surface area contributed by atoms with Gasteiger partial charge in [-0.3, -0.25) is 4.79 Å². The molecule has 5 heteroatoms. The number of hydrogen-bond donors (Lipinski definition) is 1. The minimum absolute atomic E-state index is 0.0249. The van der Waals surface area contributed by atoms with E-state index in [2.05, 4.69) is 10.3 Å². The topological polar surface area (TPSA) is 42.0 Å². The molecule has 80 valence electrons. The van der Waals surface area contributed by atoms with Crippen molar-refractivity contribution >= 4 is 23.5 Å². The third-order valence-corrected chi connectivity index (χ3v) is 3.58. The SMILES string of the molecule is O=C(Nc1ccc(F)cn1)[C@H]1CCCS1. The molecule has 2 rings (SSSR count). The summed E-state index contributed by atoms with van der Waals surface area (Å²) in [5.41, 5.74) is 0. The summed E-state index contributed by atoms with van der Waals surface area (Å²) in [4.78, 5) is 15.4. The number of nitrogens with one attached hydrogen (secondary N) is 1. The zero-order valence-electron chi connectivity index (χ0n) is 8.07. The Kier molecular flexibility index (Phi) is 3.20. The lowest BCUT2D eigenvalue weighted by Gasteiger charge is -2.08. The smallest absolute Gasteiger partial charge is 0.238 e. The van der Waals surface area contributed by atoms with Gasteiger partial charge in [-0.1, -0.05) is 0 Å². The summed E-state index contributed by atoms with van der Waals surface area (Å²) in [7, 11) is 0. The third kappa shape index (κ3) is 2.68. The monoisotopic (exact) mass is 226 g/mol. The maximum atomic E-state index is 12.5. The first-order chi connectivity index (χ1) is 7.25. The number of carbonyl (C=O) groups is 1. The molecule has 1 aliphatic rings. The first kappa shape index (κ1) is 10.4. The molecule has 0 spiro atoms. The van der Waals surface area contributed by atoms with E-state index >= 15 is 0 Å². The molecule has 0 saturated carbocycles. The van der Waals surface area contributed by atoms with Gasteiger partial charge in [-0.05, 0) is 30.7 Å². The van der Waals surface area contributed by atoms with E-state index in [0.717, 1.165) is 24.8 Å². The molecular weight excluding hydrogens is 215 g/mol. The van der Waals surface area contributed by atoms with Crippen molar-refractivity contribution in [1.29, 1.82) is 0 Å². The average Bonchev–Trinajstić information content (AvgIpc) is 2.74. The summed E-state index contributed by atoms with van der Waals surface area (Å²) in [5, 5.41) is 2.70. The van der Waals surface area contributed by atoms with Gasteiger partial charge in [0, 0.05) is 0 Å². The number of carbonyl (C=O) groups excluding carboxylic acids is 1. The van der Waals surface area contributed by atoms with E-state index in [1.54, 1.807) is 11.8 Å². The fraction of sp³-hybridized carbons (Fsp3) is 0.400. The third-order valence-electron chi connectivity index (χ3n) is 2.20. The highest BCUT2D eigenvalue weighted by molar-refractivity contribution is 8.00. The van der Waals surface area contributed by atoms with Crippen LogP contribution in [0.25, 0.3) is 0 Å². The lowest BCUT2D eigenvalue weighted by Crippen LogP contribution is -2.23. The summed E-state index contributed by atoms with van der Waals surface area (Å²) < 4.78 is 12.5. The van der Waals surface area contributed by atoms with Crippen molar-refractivity contribution in [1.82, 2.24) is 4.98 Å². The second-order valence-corrected chi connectivity index (χ2v) is 4.66. The molecule has 0 aliphatic carbocycles. The van der Waals surface area contributed by atoms with E-state index in [1.165, 1.54) is 12.1 Å². The predicted octanol–water partition coefficient (Wildman–Crippen LogP) is 2.05. The Bertz CT molecular complexity index is 349. The average molecular weight is 226 g/mol. The highest BCUT2D eigenvalue weighted by Gasteiger charge is 2.23.